The Morgan fingerprint density at radius 3 is 2.56 bits per heavy atom. The van der Waals surface area contributed by atoms with Crippen LogP contribution in [0.4, 0.5) is 0 Å². The first-order chi connectivity index (χ1) is 12.2. The molecule has 1 aliphatic carbocycles. The van der Waals surface area contributed by atoms with Gasteiger partial charge in [-0.2, -0.15) is 0 Å². The number of ketones is 1. The summed E-state index contributed by atoms with van der Waals surface area (Å²) in [6.07, 6.45) is 7.29. The van der Waals surface area contributed by atoms with Crippen LogP contribution in [0, 0.1) is 0 Å². The van der Waals surface area contributed by atoms with Crippen molar-refractivity contribution in [1.82, 2.24) is 4.90 Å². The number of rotatable bonds is 7. The SMILES string of the molecule is COc1ccc(CCO[C@H]2C(=O)CCN2C2CCCCC2)cc1OC. The summed E-state index contributed by atoms with van der Waals surface area (Å²) in [4.78, 5) is 14.6. The fraction of sp³-hybridized carbons (Fsp3) is 0.650. The molecule has 1 aromatic carbocycles. The number of likely N-dealkylation sites (tertiary alicyclic amines) is 1. The molecule has 0 bridgehead atoms. The first-order valence-corrected chi connectivity index (χ1v) is 9.34. The highest BCUT2D eigenvalue weighted by Crippen LogP contribution is 2.29. The van der Waals surface area contributed by atoms with Gasteiger partial charge >= 0.3 is 0 Å². The van der Waals surface area contributed by atoms with Crippen molar-refractivity contribution in [1.29, 1.82) is 0 Å². The molecule has 1 saturated heterocycles. The molecule has 0 aromatic heterocycles. The molecule has 138 valence electrons. The molecule has 1 aliphatic heterocycles. The van der Waals surface area contributed by atoms with Gasteiger partial charge in [0, 0.05) is 19.0 Å². The Labute approximate surface area is 150 Å². The molecule has 3 rings (SSSR count). The quantitative estimate of drug-likeness (QED) is 0.758. The third kappa shape index (κ3) is 4.33. The van der Waals surface area contributed by atoms with E-state index in [0.717, 1.165) is 30.0 Å². The van der Waals surface area contributed by atoms with E-state index in [4.69, 9.17) is 14.2 Å². The van der Waals surface area contributed by atoms with E-state index in [0.29, 0.717) is 19.1 Å². The lowest BCUT2D eigenvalue weighted by atomic mass is 9.94. The molecular formula is C20H29NO4. The van der Waals surface area contributed by atoms with E-state index < -0.39 is 0 Å². The smallest absolute Gasteiger partial charge is 0.177 e. The molecule has 1 atom stereocenters. The summed E-state index contributed by atoms with van der Waals surface area (Å²) in [5.74, 6) is 1.68. The zero-order valence-corrected chi connectivity index (χ0v) is 15.3. The monoisotopic (exact) mass is 347 g/mol. The Hall–Kier alpha value is -1.59. The summed E-state index contributed by atoms with van der Waals surface area (Å²) in [5.41, 5.74) is 1.12. The van der Waals surface area contributed by atoms with Crippen molar-refractivity contribution >= 4 is 5.78 Å². The molecule has 1 heterocycles. The van der Waals surface area contributed by atoms with E-state index in [1.807, 2.05) is 18.2 Å². The van der Waals surface area contributed by atoms with Crippen LogP contribution in [0.25, 0.3) is 0 Å². The average Bonchev–Trinajstić information content (AvgIpc) is 3.03. The summed E-state index contributed by atoms with van der Waals surface area (Å²) >= 11 is 0. The molecule has 2 aliphatic rings. The lowest BCUT2D eigenvalue weighted by Gasteiger charge is -2.34. The van der Waals surface area contributed by atoms with Gasteiger partial charge in [0.1, 0.15) is 0 Å². The summed E-state index contributed by atoms with van der Waals surface area (Å²) in [7, 11) is 3.27. The summed E-state index contributed by atoms with van der Waals surface area (Å²) in [6.45, 7) is 1.39. The van der Waals surface area contributed by atoms with Crippen LogP contribution in [0.2, 0.25) is 0 Å². The Morgan fingerprint density at radius 2 is 1.84 bits per heavy atom. The van der Waals surface area contributed by atoms with Gasteiger partial charge in [-0.3, -0.25) is 9.69 Å². The number of hydrogen-bond donors (Lipinski definition) is 0. The maximum absolute atomic E-state index is 12.3. The first kappa shape index (κ1) is 18.2. The zero-order chi connectivity index (χ0) is 17.6. The topological polar surface area (TPSA) is 48.0 Å². The van der Waals surface area contributed by atoms with Crippen LogP contribution in [0.3, 0.4) is 0 Å². The van der Waals surface area contributed by atoms with Crippen molar-refractivity contribution in [3.63, 3.8) is 0 Å². The molecule has 25 heavy (non-hydrogen) atoms. The number of carbonyl (C=O) groups is 1. The maximum Gasteiger partial charge on any atom is 0.177 e. The summed E-state index contributed by atoms with van der Waals surface area (Å²) < 4.78 is 16.6. The number of carbonyl (C=O) groups excluding carboxylic acids is 1. The molecule has 2 fully saturated rings. The van der Waals surface area contributed by atoms with Crippen molar-refractivity contribution in [2.24, 2.45) is 0 Å². The summed E-state index contributed by atoms with van der Waals surface area (Å²) in [5, 5.41) is 0. The molecule has 0 unspecified atom stereocenters. The van der Waals surface area contributed by atoms with Gasteiger partial charge < -0.3 is 14.2 Å². The van der Waals surface area contributed by atoms with Crippen LogP contribution in [0.5, 0.6) is 11.5 Å². The molecule has 5 heteroatoms. The van der Waals surface area contributed by atoms with Crippen LogP contribution in [-0.4, -0.2) is 50.3 Å². The highest BCUT2D eigenvalue weighted by atomic mass is 16.5. The summed E-state index contributed by atoms with van der Waals surface area (Å²) in [6, 6.07) is 6.41. The van der Waals surface area contributed by atoms with E-state index in [2.05, 4.69) is 4.90 Å². The fourth-order valence-electron chi connectivity index (χ4n) is 3.96. The van der Waals surface area contributed by atoms with Crippen LogP contribution < -0.4 is 9.47 Å². The van der Waals surface area contributed by atoms with E-state index >= 15 is 0 Å². The van der Waals surface area contributed by atoms with Gasteiger partial charge in [-0.25, -0.2) is 0 Å². The van der Waals surface area contributed by atoms with Crippen LogP contribution >= 0.6 is 0 Å². The molecule has 0 radical (unpaired) electrons. The number of benzene rings is 1. The third-order valence-electron chi connectivity index (χ3n) is 5.35. The largest absolute Gasteiger partial charge is 0.493 e. The van der Waals surface area contributed by atoms with Crippen LogP contribution in [0.15, 0.2) is 18.2 Å². The van der Waals surface area contributed by atoms with Gasteiger partial charge in [0.05, 0.1) is 20.8 Å². The highest BCUT2D eigenvalue weighted by molar-refractivity contribution is 5.84. The second kappa shape index (κ2) is 8.68. The maximum atomic E-state index is 12.3. The van der Waals surface area contributed by atoms with Gasteiger partial charge in [0.2, 0.25) is 0 Å². The van der Waals surface area contributed by atoms with Gasteiger partial charge in [-0.15, -0.1) is 0 Å². The van der Waals surface area contributed by atoms with Crippen molar-refractivity contribution in [3.05, 3.63) is 23.8 Å². The van der Waals surface area contributed by atoms with Gasteiger partial charge in [0.15, 0.2) is 23.5 Å². The normalized spacial score (nSPS) is 22.3. The molecule has 0 N–H and O–H groups in total. The van der Waals surface area contributed by atoms with E-state index in [1.54, 1.807) is 14.2 Å². The predicted octanol–water partition coefficient (Wildman–Crippen LogP) is 3.20. The minimum absolute atomic E-state index is 0.234. The van der Waals surface area contributed by atoms with E-state index in [1.165, 1.54) is 32.1 Å². The Kier molecular flexibility index (Phi) is 6.32. The second-order valence-corrected chi connectivity index (χ2v) is 6.91. The standard InChI is InChI=1S/C20H29NO4/c1-23-18-9-8-15(14-19(18)24-2)11-13-25-20-17(22)10-12-21(20)16-6-4-3-5-7-16/h8-9,14,16,20H,3-7,10-13H2,1-2H3/t20-/m0/s1. The number of methoxy groups -OCH3 is 2. The third-order valence-corrected chi connectivity index (χ3v) is 5.35. The molecule has 0 spiro atoms. The number of hydrogen-bond acceptors (Lipinski definition) is 5. The van der Waals surface area contributed by atoms with Crippen molar-refractivity contribution in [2.75, 3.05) is 27.4 Å². The Balaban J connectivity index is 1.55. The minimum atomic E-state index is -0.344. The number of nitrogens with zero attached hydrogens (tertiary/aromatic N) is 1. The van der Waals surface area contributed by atoms with Gasteiger partial charge in [0.25, 0.3) is 0 Å². The van der Waals surface area contributed by atoms with Crippen molar-refractivity contribution < 1.29 is 19.0 Å². The molecular weight excluding hydrogens is 318 g/mol. The Morgan fingerprint density at radius 1 is 1.08 bits per heavy atom. The Bertz CT molecular complexity index is 583. The second-order valence-electron chi connectivity index (χ2n) is 6.91. The zero-order valence-electron chi connectivity index (χ0n) is 15.3. The predicted molar refractivity (Wildman–Crippen MR) is 96.2 cm³/mol. The molecule has 1 aromatic rings. The van der Waals surface area contributed by atoms with Crippen molar-refractivity contribution in [3.8, 4) is 11.5 Å². The van der Waals surface area contributed by atoms with E-state index in [-0.39, 0.29) is 12.0 Å². The average molecular weight is 347 g/mol. The highest BCUT2D eigenvalue weighted by Gasteiger charge is 2.37. The lowest BCUT2D eigenvalue weighted by molar-refractivity contribution is -0.137. The number of Topliss-reactive ketones (excluding diaryl/α,β-unsaturated/α-hetero) is 1. The minimum Gasteiger partial charge on any atom is -0.493 e. The number of ether oxygens (including phenoxy) is 3. The molecule has 1 saturated carbocycles. The fourth-order valence-corrected chi connectivity index (χ4v) is 3.96. The van der Waals surface area contributed by atoms with Gasteiger partial charge in [-0.1, -0.05) is 25.3 Å². The molecule has 0 amide bonds. The van der Waals surface area contributed by atoms with Gasteiger partial charge in [-0.05, 0) is 37.0 Å². The lowest BCUT2D eigenvalue weighted by Crippen LogP contribution is -2.44. The van der Waals surface area contributed by atoms with E-state index in [9.17, 15) is 4.79 Å². The van der Waals surface area contributed by atoms with Crippen molar-refractivity contribution in [2.45, 2.75) is 57.2 Å². The molecule has 5 nitrogen and oxygen atoms in total. The first-order valence-electron chi connectivity index (χ1n) is 9.34. The van der Waals surface area contributed by atoms with Crippen LogP contribution in [-0.2, 0) is 16.0 Å². The van der Waals surface area contributed by atoms with Crippen LogP contribution in [0.1, 0.15) is 44.1 Å².